The van der Waals surface area contributed by atoms with Gasteiger partial charge < -0.3 is 10.1 Å². The maximum atomic E-state index is 12.3. The zero-order chi connectivity index (χ0) is 17.2. The van der Waals surface area contributed by atoms with Gasteiger partial charge in [-0.2, -0.15) is 0 Å². The van der Waals surface area contributed by atoms with Crippen LogP contribution in [0.15, 0.2) is 0 Å². The fourth-order valence-corrected chi connectivity index (χ4v) is 2.60. The molecule has 1 aromatic rings. The van der Waals surface area contributed by atoms with Crippen molar-refractivity contribution in [2.75, 3.05) is 5.32 Å². The summed E-state index contributed by atoms with van der Waals surface area (Å²) in [6.45, 7) is 12.0. The van der Waals surface area contributed by atoms with E-state index in [4.69, 9.17) is 4.74 Å². The van der Waals surface area contributed by atoms with Crippen molar-refractivity contribution in [3.63, 3.8) is 0 Å². The Morgan fingerprint density at radius 2 is 1.73 bits per heavy atom. The molecular formula is C16H23NO4S. The second kappa shape index (κ2) is 6.60. The highest BCUT2D eigenvalue weighted by atomic mass is 32.1. The lowest BCUT2D eigenvalue weighted by molar-refractivity contribution is -0.125. The van der Waals surface area contributed by atoms with Crippen LogP contribution in [0.25, 0.3) is 0 Å². The third kappa shape index (κ3) is 4.16. The summed E-state index contributed by atoms with van der Waals surface area (Å²) in [4.78, 5) is 36.6. The molecule has 1 atom stereocenters. The predicted molar refractivity (Wildman–Crippen MR) is 87.4 cm³/mol. The largest absolute Gasteiger partial charge is 0.451 e. The van der Waals surface area contributed by atoms with Crippen LogP contribution in [0.4, 0.5) is 5.00 Å². The summed E-state index contributed by atoms with van der Waals surface area (Å²) >= 11 is 1.33. The molecule has 1 heterocycles. The summed E-state index contributed by atoms with van der Waals surface area (Å²) < 4.78 is 5.17. The van der Waals surface area contributed by atoms with Crippen LogP contribution in [0, 0.1) is 19.3 Å². The van der Waals surface area contributed by atoms with Crippen LogP contribution in [0.2, 0.25) is 0 Å². The van der Waals surface area contributed by atoms with Gasteiger partial charge in [-0.3, -0.25) is 9.59 Å². The van der Waals surface area contributed by atoms with Crippen LogP contribution in [0.3, 0.4) is 0 Å². The first-order valence-corrected chi connectivity index (χ1v) is 7.89. The smallest absolute Gasteiger partial charge is 0.342 e. The highest BCUT2D eigenvalue weighted by Crippen LogP contribution is 2.34. The van der Waals surface area contributed by atoms with Crippen LogP contribution in [-0.4, -0.2) is 23.8 Å². The zero-order valence-corrected chi connectivity index (χ0v) is 14.9. The highest BCUT2D eigenvalue weighted by Gasteiger charge is 2.28. The number of carbonyl (C=O) groups is 3. The van der Waals surface area contributed by atoms with Gasteiger partial charge >= 0.3 is 5.97 Å². The maximum Gasteiger partial charge on any atom is 0.342 e. The first kappa shape index (κ1) is 18.4. The van der Waals surface area contributed by atoms with E-state index in [1.54, 1.807) is 27.7 Å². The van der Waals surface area contributed by atoms with Crippen LogP contribution >= 0.6 is 11.3 Å². The van der Waals surface area contributed by atoms with Crippen molar-refractivity contribution in [2.24, 2.45) is 5.41 Å². The number of nitrogens with one attached hydrogen (secondary N) is 1. The minimum Gasteiger partial charge on any atom is -0.451 e. The Kier molecular flexibility index (Phi) is 5.51. The van der Waals surface area contributed by atoms with Gasteiger partial charge in [-0.25, -0.2) is 4.79 Å². The summed E-state index contributed by atoms with van der Waals surface area (Å²) in [5, 5.41) is 3.26. The monoisotopic (exact) mass is 325 g/mol. The van der Waals surface area contributed by atoms with Gasteiger partial charge in [-0.15, -0.1) is 11.3 Å². The fraction of sp³-hybridized carbons (Fsp3) is 0.562. The van der Waals surface area contributed by atoms with Gasteiger partial charge in [0, 0.05) is 10.3 Å². The van der Waals surface area contributed by atoms with E-state index in [1.165, 1.54) is 25.2 Å². The number of carbonyl (C=O) groups excluding carboxylic acids is 3. The van der Waals surface area contributed by atoms with E-state index in [2.05, 4.69) is 5.32 Å². The minimum absolute atomic E-state index is 0.178. The number of amides is 1. The molecule has 22 heavy (non-hydrogen) atoms. The lowest BCUT2D eigenvalue weighted by atomic mass is 9.96. The molecule has 0 radical (unpaired) electrons. The second-order valence-electron chi connectivity index (χ2n) is 6.35. The normalized spacial score (nSPS) is 12.7. The van der Waals surface area contributed by atoms with E-state index < -0.39 is 17.5 Å². The van der Waals surface area contributed by atoms with Crippen LogP contribution in [0.1, 0.15) is 55.4 Å². The van der Waals surface area contributed by atoms with E-state index >= 15 is 0 Å². The van der Waals surface area contributed by atoms with E-state index in [-0.39, 0.29) is 11.7 Å². The lowest BCUT2D eigenvalue weighted by Gasteiger charge is -2.18. The topological polar surface area (TPSA) is 72.5 Å². The van der Waals surface area contributed by atoms with Gasteiger partial charge in [0.15, 0.2) is 11.9 Å². The number of ether oxygens (including phenoxy) is 1. The number of hydrogen-bond acceptors (Lipinski definition) is 5. The van der Waals surface area contributed by atoms with E-state index in [9.17, 15) is 14.4 Å². The molecule has 0 saturated carbocycles. The third-order valence-electron chi connectivity index (χ3n) is 3.35. The van der Waals surface area contributed by atoms with Crippen molar-refractivity contribution < 1.29 is 19.1 Å². The average molecular weight is 325 g/mol. The summed E-state index contributed by atoms with van der Waals surface area (Å²) in [5.41, 5.74) is 0.516. The molecule has 0 fully saturated rings. The number of aryl methyl sites for hydroxylation is 1. The van der Waals surface area contributed by atoms with Crippen molar-refractivity contribution in [1.29, 1.82) is 0 Å². The van der Waals surface area contributed by atoms with Crippen molar-refractivity contribution in [3.8, 4) is 0 Å². The number of thiophene rings is 1. The number of Topliss-reactive ketones (excluding diaryl/α,β-unsaturated/α-hetero) is 1. The number of esters is 1. The predicted octanol–water partition coefficient (Wildman–Crippen LogP) is 3.48. The van der Waals surface area contributed by atoms with Crippen molar-refractivity contribution in [1.82, 2.24) is 0 Å². The lowest BCUT2D eigenvalue weighted by Crippen LogP contribution is -2.28. The first-order valence-electron chi connectivity index (χ1n) is 7.08. The number of rotatable bonds is 4. The Hall–Kier alpha value is -1.69. The number of anilines is 1. The van der Waals surface area contributed by atoms with Gasteiger partial charge in [0.05, 0.1) is 5.56 Å². The molecule has 1 aromatic heterocycles. The second-order valence-corrected chi connectivity index (χ2v) is 7.57. The van der Waals surface area contributed by atoms with Crippen LogP contribution < -0.4 is 5.32 Å². The Labute approximate surface area is 135 Å². The highest BCUT2D eigenvalue weighted by molar-refractivity contribution is 7.16. The van der Waals surface area contributed by atoms with Crippen LogP contribution in [-0.2, 0) is 14.3 Å². The maximum absolute atomic E-state index is 12.3. The van der Waals surface area contributed by atoms with Crippen LogP contribution in [0.5, 0.6) is 0 Å². The molecule has 0 spiro atoms. The minimum atomic E-state index is -0.807. The van der Waals surface area contributed by atoms with Crippen molar-refractivity contribution in [3.05, 3.63) is 16.0 Å². The third-order valence-corrected chi connectivity index (χ3v) is 4.48. The van der Waals surface area contributed by atoms with E-state index in [0.717, 1.165) is 10.4 Å². The molecule has 1 unspecified atom stereocenters. The zero-order valence-electron chi connectivity index (χ0n) is 14.1. The standard InChI is InChI=1S/C16H23NO4S/c1-8-11(4)22-13(17-15(20)16(5,6)7)12(8)14(19)21-10(3)9(2)18/h10H,1-7H3,(H,17,20). The molecule has 1 rings (SSSR count). The number of hydrogen-bond donors (Lipinski definition) is 1. The molecule has 1 N–H and O–H groups in total. The Morgan fingerprint density at radius 1 is 1.18 bits per heavy atom. The van der Waals surface area contributed by atoms with Crippen molar-refractivity contribution >= 4 is 34.0 Å². The molecule has 122 valence electrons. The van der Waals surface area contributed by atoms with Gasteiger partial charge in [-0.1, -0.05) is 20.8 Å². The van der Waals surface area contributed by atoms with Gasteiger partial charge in [0.2, 0.25) is 5.91 Å². The van der Waals surface area contributed by atoms with Gasteiger partial charge in [0.25, 0.3) is 0 Å². The number of ketones is 1. The quantitative estimate of drug-likeness (QED) is 0.860. The molecule has 0 aromatic carbocycles. The Morgan fingerprint density at radius 3 is 2.18 bits per heavy atom. The first-order chi connectivity index (χ1) is 9.95. The van der Waals surface area contributed by atoms with Crippen molar-refractivity contribution in [2.45, 2.75) is 54.6 Å². The summed E-state index contributed by atoms with van der Waals surface area (Å²) in [6.07, 6.45) is -0.807. The SMILES string of the molecule is CC(=O)C(C)OC(=O)c1c(NC(=O)C(C)(C)C)sc(C)c1C. The Balaban J connectivity index is 3.12. The Bertz CT molecular complexity index is 610. The molecule has 0 aliphatic carbocycles. The summed E-state index contributed by atoms with van der Waals surface area (Å²) in [6, 6.07) is 0. The van der Waals surface area contributed by atoms with Gasteiger partial charge in [-0.05, 0) is 33.3 Å². The van der Waals surface area contributed by atoms with E-state index in [0.29, 0.717) is 10.6 Å². The summed E-state index contributed by atoms with van der Waals surface area (Å²) in [7, 11) is 0. The fourth-order valence-electron chi connectivity index (χ4n) is 1.55. The molecule has 0 bridgehead atoms. The summed E-state index contributed by atoms with van der Waals surface area (Å²) in [5.74, 6) is -0.991. The molecular weight excluding hydrogens is 302 g/mol. The van der Waals surface area contributed by atoms with E-state index in [1.807, 2.05) is 6.92 Å². The molecule has 0 saturated heterocycles. The molecule has 6 heteroatoms. The molecule has 0 aliphatic rings. The van der Waals surface area contributed by atoms with Gasteiger partial charge in [0.1, 0.15) is 5.00 Å². The molecule has 5 nitrogen and oxygen atoms in total. The molecule has 1 amide bonds. The molecule has 0 aliphatic heterocycles. The average Bonchev–Trinajstić information content (AvgIpc) is 2.63.